The van der Waals surface area contributed by atoms with Gasteiger partial charge in [-0.2, -0.15) is 0 Å². The van der Waals surface area contributed by atoms with E-state index in [1.165, 1.54) is 19.4 Å². The Morgan fingerprint density at radius 2 is 2.00 bits per heavy atom. The van der Waals surface area contributed by atoms with Crippen molar-refractivity contribution in [3.05, 3.63) is 0 Å². The highest BCUT2D eigenvalue weighted by Crippen LogP contribution is 2.30. The normalized spacial score (nSPS) is 29.8. The lowest BCUT2D eigenvalue weighted by Crippen LogP contribution is -2.54. The van der Waals surface area contributed by atoms with Gasteiger partial charge in [-0.25, -0.2) is 0 Å². The summed E-state index contributed by atoms with van der Waals surface area (Å²) >= 11 is 0. The summed E-state index contributed by atoms with van der Waals surface area (Å²) in [5, 5.41) is 0. The van der Waals surface area contributed by atoms with E-state index in [0.717, 1.165) is 38.8 Å². The van der Waals surface area contributed by atoms with Gasteiger partial charge < -0.3 is 15.5 Å². The molecule has 2 rings (SSSR count). The number of piperidine rings is 2. The molecule has 0 saturated carbocycles. The van der Waals surface area contributed by atoms with Gasteiger partial charge in [0, 0.05) is 31.1 Å². The summed E-state index contributed by atoms with van der Waals surface area (Å²) in [6, 6.07) is 0.956. The number of nitrogens with zero attached hydrogens (tertiary/aromatic N) is 2. The van der Waals surface area contributed by atoms with Crippen molar-refractivity contribution in [2.45, 2.75) is 64.5 Å². The molecule has 2 N–H and O–H groups in total. The van der Waals surface area contributed by atoms with Crippen molar-refractivity contribution in [2.75, 3.05) is 26.7 Å². The third-order valence-corrected chi connectivity index (χ3v) is 5.38. The van der Waals surface area contributed by atoms with E-state index in [2.05, 4.69) is 23.8 Å². The maximum absolute atomic E-state index is 12.6. The summed E-state index contributed by atoms with van der Waals surface area (Å²) in [7, 11) is 2.24. The van der Waals surface area contributed by atoms with Gasteiger partial charge in [-0.3, -0.25) is 4.79 Å². The Bertz CT molecular complexity index is 345. The quantitative estimate of drug-likeness (QED) is 0.845. The molecule has 1 amide bonds. The molecule has 0 spiro atoms. The second-order valence-corrected chi connectivity index (χ2v) is 7.33. The molecule has 0 radical (unpaired) electrons. The van der Waals surface area contributed by atoms with Crippen molar-refractivity contribution in [2.24, 2.45) is 17.6 Å². The summed E-state index contributed by atoms with van der Waals surface area (Å²) in [5.74, 6) is 1.21. The predicted octanol–water partition coefficient (Wildman–Crippen LogP) is 2.08. The number of carbonyl (C=O) groups excluding carboxylic acids is 1. The minimum absolute atomic E-state index is 0.154. The standard InChI is InChI=1S/C17H33N3O/c1-13(6-4-7-14(2)18)17(21)20-11-9-16-15(12-20)8-5-10-19(16)3/h13-16H,4-12,18H2,1-3H3. The number of nitrogens with two attached hydrogens (primary N) is 1. The average Bonchev–Trinajstić information content (AvgIpc) is 2.46. The number of amides is 1. The van der Waals surface area contributed by atoms with Crippen molar-refractivity contribution in [3.8, 4) is 0 Å². The van der Waals surface area contributed by atoms with E-state index in [4.69, 9.17) is 5.73 Å². The van der Waals surface area contributed by atoms with Crippen molar-refractivity contribution in [3.63, 3.8) is 0 Å². The lowest BCUT2D eigenvalue weighted by Gasteiger charge is -2.46. The predicted molar refractivity (Wildman–Crippen MR) is 87.0 cm³/mol. The van der Waals surface area contributed by atoms with Crippen LogP contribution in [-0.4, -0.2) is 54.5 Å². The second kappa shape index (κ2) is 7.59. The fourth-order valence-corrected chi connectivity index (χ4v) is 4.03. The average molecular weight is 295 g/mol. The van der Waals surface area contributed by atoms with Crippen molar-refractivity contribution >= 4 is 5.91 Å². The fraction of sp³-hybridized carbons (Fsp3) is 0.941. The highest BCUT2D eigenvalue weighted by molar-refractivity contribution is 5.78. The smallest absolute Gasteiger partial charge is 0.225 e. The van der Waals surface area contributed by atoms with Gasteiger partial charge in [-0.05, 0) is 58.5 Å². The van der Waals surface area contributed by atoms with Gasteiger partial charge in [-0.1, -0.05) is 13.3 Å². The molecular weight excluding hydrogens is 262 g/mol. The van der Waals surface area contributed by atoms with Gasteiger partial charge in [0.05, 0.1) is 0 Å². The summed E-state index contributed by atoms with van der Waals surface area (Å²) in [4.78, 5) is 17.2. The highest BCUT2D eigenvalue weighted by Gasteiger charge is 2.36. The van der Waals surface area contributed by atoms with Crippen LogP contribution in [0.1, 0.15) is 52.4 Å². The Kier molecular flexibility index (Phi) is 6.06. The van der Waals surface area contributed by atoms with Crippen LogP contribution in [-0.2, 0) is 4.79 Å². The van der Waals surface area contributed by atoms with Crippen molar-refractivity contribution in [1.29, 1.82) is 0 Å². The molecule has 2 saturated heterocycles. The summed E-state index contributed by atoms with van der Waals surface area (Å²) in [6.45, 7) is 7.27. The van der Waals surface area contributed by atoms with Gasteiger partial charge >= 0.3 is 0 Å². The molecule has 4 nitrogen and oxygen atoms in total. The van der Waals surface area contributed by atoms with E-state index in [0.29, 0.717) is 17.9 Å². The monoisotopic (exact) mass is 295 g/mol. The lowest BCUT2D eigenvalue weighted by atomic mass is 9.83. The largest absolute Gasteiger partial charge is 0.342 e. The topological polar surface area (TPSA) is 49.6 Å². The minimum Gasteiger partial charge on any atom is -0.342 e. The second-order valence-electron chi connectivity index (χ2n) is 7.33. The zero-order valence-electron chi connectivity index (χ0n) is 14.1. The highest BCUT2D eigenvalue weighted by atomic mass is 16.2. The first-order valence-corrected chi connectivity index (χ1v) is 8.73. The summed E-state index contributed by atoms with van der Waals surface area (Å²) < 4.78 is 0. The number of fused-ring (bicyclic) bond motifs is 1. The zero-order chi connectivity index (χ0) is 15.4. The molecule has 2 heterocycles. The fourth-order valence-electron chi connectivity index (χ4n) is 4.03. The Hall–Kier alpha value is -0.610. The number of likely N-dealkylation sites (tertiary alicyclic amines) is 2. The van der Waals surface area contributed by atoms with Crippen LogP contribution >= 0.6 is 0 Å². The summed E-state index contributed by atoms with van der Waals surface area (Å²) in [6.07, 6.45) is 6.78. The molecule has 4 heteroatoms. The first-order valence-electron chi connectivity index (χ1n) is 8.73. The number of rotatable bonds is 5. The Labute approximate surface area is 130 Å². The summed E-state index contributed by atoms with van der Waals surface area (Å²) in [5.41, 5.74) is 5.78. The molecule has 0 bridgehead atoms. The van der Waals surface area contributed by atoms with Crippen LogP contribution in [0.4, 0.5) is 0 Å². The molecule has 4 atom stereocenters. The molecular formula is C17H33N3O. The molecule has 0 aromatic carbocycles. The Morgan fingerprint density at radius 3 is 2.71 bits per heavy atom. The molecule has 0 aromatic rings. The zero-order valence-corrected chi connectivity index (χ0v) is 14.1. The first kappa shape index (κ1) is 16.8. The van der Waals surface area contributed by atoms with Gasteiger partial charge in [-0.15, -0.1) is 0 Å². The number of carbonyl (C=O) groups is 1. The van der Waals surface area contributed by atoms with Gasteiger partial charge in [0.25, 0.3) is 0 Å². The molecule has 0 aliphatic carbocycles. The van der Waals surface area contributed by atoms with Gasteiger partial charge in [0.1, 0.15) is 0 Å². The van der Waals surface area contributed by atoms with Crippen LogP contribution < -0.4 is 5.73 Å². The molecule has 21 heavy (non-hydrogen) atoms. The lowest BCUT2D eigenvalue weighted by molar-refractivity contribution is -0.138. The molecule has 122 valence electrons. The van der Waals surface area contributed by atoms with Crippen LogP contribution in [0, 0.1) is 11.8 Å². The van der Waals surface area contributed by atoms with E-state index >= 15 is 0 Å². The van der Waals surface area contributed by atoms with Crippen LogP contribution in [0.25, 0.3) is 0 Å². The molecule has 4 unspecified atom stereocenters. The minimum atomic E-state index is 0.154. The molecule has 2 fully saturated rings. The van der Waals surface area contributed by atoms with Crippen LogP contribution in [0.5, 0.6) is 0 Å². The molecule has 2 aliphatic heterocycles. The maximum atomic E-state index is 12.6. The van der Waals surface area contributed by atoms with E-state index in [9.17, 15) is 4.79 Å². The van der Waals surface area contributed by atoms with Gasteiger partial charge in [0.15, 0.2) is 0 Å². The van der Waals surface area contributed by atoms with E-state index in [1.807, 2.05) is 6.92 Å². The molecule has 2 aliphatic rings. The van der Waals surface area contributed by atoms with Crippen LogP contribution in [0.3, 0.4) is 0 Å². The van der Waals surface area contributed by atoms with E-state index in [1.54, 1.807) is 0 Å². The number of hydrogen-bond acceptors (Lipinski definition) is 3. The Morgan fingerprint density at radius 1 is 1.24 bits per heavy atom. The van der Waals surface area contributed by atoms with E-state index in [-0.39, 0.29) is 12.0 Å². The molecule has 0 aromatic heterocycles. The van der Waals surface area contributed by atoms with Crippen molar-refractivity contribution < 1.29 is 4.79 Å². The van der Waals surface area contributed by atoms with Crippen LogP contribution in [0.15, 0.2) is 0 Å². The maximum Gasteiger partial charge on any atom is 0.225 e. The first-order chi connectivity index (χ1) is 9.99. The SMILES string of the molecule is CC(N)CCCC(C)C(=O)N1CCC2C(CCCN2C)C1. The third-order valence-electron chi connectivity index (χ3n) is 5.38. The Balaban J connectivity index is 1.80. The van der Waals surface area contributed by atoms with Gasteiger partial charge in [0.2, 0.25) is 5.91 Å². The number of hydrogen-bond donors (Lipinski definition) is 1. The third kappa shape index (κ3) is 4.43. The van der Waals surface area contributed by atoms with Crippen LogP contribution in [0.2, 0.25) is 0 Å². The van der Waals surface area contributed by atoms with Crippen molar-refractivity contribution in [1.82, 2.24) is 9.80 Å². The van der Waals surface area contributed by atoms with E-state index < -0.39 is 0 Å².